The van der Waals surface area contributed by atoms with Gasteiger partial charge < -0.3 is 25.1 Å². The fourth-order valence-corrected chi connectivity index (χ4v) is 2.93. The number of methoxy groups -OCH3 is 1. The lowest BCUT2D eigenvalue weighted by Crippen LogP contribution is -2.57. The number of hydrogen-bond acceptors (Lipinski definition) is 5. The SMILES string of the molecule is CO[C@]12[C@H](N)OC[C@H]1OC(C)(C)[C@H]2CO. The van der Waals surface area contributed by atoms with Gasteiger partial charge in [0.15, 0.2) is 0 Å². The fourth-order valence-electron chi connectivity index (χ4n) is 2.93. The molecular weight excluding hydrogens is 198 g/mol. The van der Waals surface area contributed by atoms with Gasteiger partial charge >= 0.3 is 0 Å². The molecule has 0 spiro atoms. The summed E-state index contributed by atoms with van der Waals surface area (Å²) in [5, 5.41) is 9.49. The lowest BCUT2D eigenvalue weighted by Gasteiger charge is -2.36. The van der Waals surface area contributed by atoms with Gasteiger partial charge in [0, 0.05) is 13.0 Å². The second kappa shape index (κ2) is 3.40. The second-order valence-electron chi connectivity index (χ2n) is 4.76. The van der Waals surface area contributed by atoms with E-state index in [2.05, 4.69) is 0 Å². The first-order valence-electron chi connectivity index (χ1n) is 5.20. The van der Waals surface area contributed by atoms with E-state index >= 15 is 0 Å². The maximum atomic E-state index is 9.49. The Morgan fingerprint density at radius 2 is 2.20 bits per heavy atom. The average Bonchev–Trinajstić information content (AvgIpc) is 2.58. The highest BCUT2D eigenvalue weighted by Crippen LogP contribution is 2.49. The molecule has 3 N–H and O–H groups in total. The van der Waals surface area contributed by atoms with Crippen LogP contribution < -0.4 is 5.73 Å². The first-order valence-corrected chi connectivity index (χ1v) is 5.20. The molecule has 2 fully saturated rings. The number of aliphatic hydroxyl groups excluding tert-OH is 1. The lowest BCUT2D eigenvalue weighted by molar-refractivity contribution is -0.113. The van der Waals surface area contributed by atoms with Gasteiger partial charge in [-0.25, -0.2) is 0 Å². The summed E-state index contributed by atoms with van der Waals surface area (Å²) in [6, 6.07) is 0. The molecule has 2 heterocycles. The minimum atomic E-state index is -0.710. The Bertz CT molecular complexity index is 258. The van der Waals surface area contributed by atoms with Crippen molar-refractivity contribution in [3.05, 3.63) is 0 Å². The van der Waals surface area contributed by atoms with E-state index in [1.165, 1.54) is 0 Å². The minimum absolute atomic E-state index is 0.0194. The highest BCUT2D eigenvalue weighted by atomic mass is 16.6. The van der Waals surface area contributed by atoms with E-state index in [9.17, 15) is 5.11 Å². The van der Waals surface area contributed by atoms with Gasteiger partial charge in [-0.2, -0.15) is 0 Å². The van der Waals surface area contributed by atoms with Crippen LogP contribution in [0, 0.1) is 5.92 Å². The molecule has 0 bridgehead atoms. The van der Waals surface area contributed by atoms with Crippen molar-refractivity contribution in [3.8, 4) is 0 Å². The maximum absolute atomic E-state index is 9.49. The second-order valence-corrected chi connectivity index (χ2v) is 4.76. The predicted molar refractivity (Wildman–Crippen MR) is 53.2 cm³/mol. The van der Waals surface area contributed by atoms with Crippen LogP contribution in [0.3, 0.4) is 0 Å². The third-order valence-electron chi connectivity index (χ3n) is 3.74. The van der Waals surface area contributed by atoms with Crippen LogP contribution in [0.15, 0.2) is 0 Å². The molecule has 0 aromatic heterocycles. The summed E-state index contributed by atoms with van der Waals surface area (Å²) in [7, 11) is 1.59. The van der Waals surface area contributed by atoms with Crippen LogP contribution >= 0.6 is 0 Å². The van der Waals surface area contributed by atoms with Gasteiger partial charge in [0.05, 0.1) is 18.8 Å². The summed E-state index contributed by atoms with van der Waals surface area (Å²) in [5.74, 6) is -0.169. The predicted octanol–water partition coefficient (Wildman–Crippen LogP) is -0.527. The highest BCUT2D eigenvalue weighted by Gasteiger charge is 2.66. The van der Waals surface area contributed by atoms with Crippen molar-refractivity contribution in [1.29, 1.82) is 0 Å². The van der Waals surface area contributed by atoms with Crippen molar-refractivity contribution in [2.24, 2.45) is 11.7 Å². The van der Waals surface area contributed by atoms with Crippen LogP contribution in [0.5, 0.6) is 0 Å². The van der Waals surface area contributed by atoms with Crippen molar-refractivity contribution in [3.63, 3.8) is 0 Å². The molecule has 0 amide bonds. The Hall–Kier alpha value is -0.200. The molecule has 0 aromatic rings. The summed E-state index contributed by atoms with van der Waals surface area (Å²) >= 11 is 0. The zero-order valence-electron chi connectivity index (χ0n) is 9.40. The van der Waals surface area contributed by atoms with Crippen LogP contribution in [0.1, 0.15) is 13.8 Å². The molecule has 0 aromatic carbocycles. The summed E-state index contributed by atoms with van der Waals surface area (Å²) < 4.78 is 16.7. The topological polar surface area (TPSA) is 73.9 Å². The summed E-state index contributed by atoms with van der Waals surface area (Å²) in [6.45, 7) is 4.29. The average molecular weight is 217 g/mol. The van der Waals surface area contributed by atoms with E-state index in [1.54, 1.807) is 7.11 Å². The molecule has 0 aliphatic carbocycles. The van der Waals surface area contributed by atoms with Crippen molar-refractivity contribution >= 4 is 0 Å². The molecule has 0 radical (unpaired) electrons. The monoisotopic (exact) mass is 217 g/mol. The quantitative estimate of drug-likeness (QED) is 0.650. The molecular formula is C10H19NO4. The summed E-state index contributed by atoms with van der Waals surface area (Å²) in [6.07, 6.45) is -0.726. The van der Waals surface area contributed by atoms with Crippen molar-refractivity contribution < 1.29 is 19.3 Å². The van der Waals surface area contributed by atoms with E-state index in [1.807, 2.05) is 13.8 Å². The van der Waals surface area contributed by atoms with Gasteiger partial charge in [-0.1, -0.05) is 0 Å². The Labute approximate surface area is 89.5 Å². The molecule has 0 unspecified atom stereocenters. The van der Waals surface area contributed by atoms with E-state index in [0.29, 0.717) is 6.61 Å². The van der Waals surface area contributed by atoms with Gasteiger partial charge in [-0.3, -0.25) is 0 Å². The third-order valence-corrected chi connectivity index (χ3v) is 3.74. The molecule has 5 nitrogen and oxygen atoms in total. The highest BCUT2D eigenvalue weighted by molar-refractivity contribution is 5.13. The Morgan fingerprint density at radius 3 is 2.73 bits per heavy atom. The van der Waals surface area contributed by atoms with Crippen LogP contribution in [0.25, 0.3) is 0 Å². The number of fused-ring (bicyclic) bond motifs is 1. The smallest absolute Gasteiger partial charge is 0.143 e. The number of rotatable bonds is 2. The van der Waals surface area contributed by atoms with E-state index in [-0.39, 0.29) is 18.6 Å². The van der Waals surface area contributed by atoms with Crippen LogP contribution in [0.4, 0.5) is 0 Å². The van der Waals surface area contributed by atoms with Gasteiger partial charge in [0.1, 0.15) is 17.9 Å². The Morgan fingerprint density at radius 1 is 1.53 bits per heavy atom. The normalized spacial score (nSPS) is 48.2. The molecule has 5 heteroatoms. The summed E-state index contributed by atoms with van der Waals surface area (Å²) in [5.41, 5.74) is 4.77. The van der Waals surface area contributed by atoms with Gasteiger partial charge in [-0.15, -0.1) is 0 Å². The molecule has 88 valence electrons. The van der Waals surface area contributed by atoms with E-state index in [4.69, 9.17) is 19.9 Å². The number of nitrogens with two attached hydrogens (primary N) is 1. The van der Waals surface area contributed by atoms with Gasteiger partial charge in [-0.05, 0) is 13.8 Å². The Kier molecular flexibility index (Phi) is 2.56. The molecule has 2 aliphatic rings. The molecule has 2 saturated heterocycles. The van der Waals surface area contributed by atoms with Crippen LogP contribution in [0.2, 0.25) is 0 Å². The zero-order chi connectivity index (χ0) is 11.3. The molecule has 2 aliphatic heterocycles. The van der Waals surface area contributed by atoms with Crippen molar-refractivity contribution in [2.75, 3.05) is 20.3 Å². The van der Waals surface area contributed by atoms with Crippen molar-refractivity contribution in [2.45, 2.75) is 37.4 Å². The Balaban J connectivity index is 2.39. The first kappa shape index (κ1) is 11.3. The third kappa shape index (κ3) is 1.28. The fraction of sp³-hybridized carbons (Fsp3) is 1.00. The van der Waals surface area contributed by atoms with Crippen LogP contribution in [-0.4, -0.2) is 49.0 Å². The van der Waals surface area contributed by atoms with E-state index in [0.717, 1.165) is 0 Å². The first-order chi connectivity index (χ1) is 6.99. The molecule has 4 atom stereocenters. The van der Waals surface area contributed by atoms with Crippen molar-refractivity contribution in [1.82, 2.24) is 0 Å². The van der Waals surface area contributed by atoms with Gasteiger partial charge in [0.25, 0.3) is 0 Å². The van der Waals surface area contributed by atoms with Crippen LogP contribution in [-0.2, 0) is 14.2 Å². The zero-order valence-corrected chi connectivity index (χ0v) is 9.40. The van der Waals surface area contributed by atoms with Gasteiger partial charge in [0.2, 0.25) is 0 Å². The largest absolute Gasteiger partial charge is 0.396 e. The number of aliphatic hydroxyl groups is 1. The number of ether oxygens (including phenoxy) is 3. The maximum Gasteiger partial charge on any atom is 0.143 e. The minimum Gasteiger partial charge on any atom is -0.396 e. The number of hydrogen-bond donors (Lipinski definition) is 2. The summed E-state index contributed by atoms with van der Waals surface area (Å²) in [4.78, 5) is 0. The molecule has 15 heavy (non-hydrogen) atoms. The van der Waals surface area contributed by atoms with E-state index < -0.39 is 17.4 Å². The molecule has 0 saturated carbocycles. The molecule has 2 rings (SSSR count). The lowest BCUT2D eigenvalue weighted by atomic mass is 9.77. The standard InChI is InChI=1S/C10H19NO4/c1-9(2)6(4-12)10(13-3)7(15-9)5-14-8(10)11/h6-8,12H,4-5,11H2,1-3H3/t6-,7-,8-,10+/m1/s1.